The van der Waals surface area contributed by atoms with E-state index in [0.29, 0.717) is 12.1 Å². The van der Waals surface area contributed by atoms with E-state index in [1.54, 1.807) is 13.8 Å². The summed E-state index contributed by atoms with van der Waals surface area (Å²) in [6, 6.07) is 4.34. The van der Waals surface area contributed by atoms with Gasteiger partial charge in [-0.05, 0) is 53.6 Å². The van der Waals surface area contributed by atoms with Crippen LogP contribution in [0.3, 0.4) is 0 Å². The molecule has 1 atom stereocenters. The molecule has 0 aromatic heterocycles. The Morgan fingerprint density at radius 1 is 0.771 bits per heavy atom. The fourth-order valence-electron chi connectivity index (χ4n) is 5.28. The monoisotopic (exact) mass is 575 g/mol. The van der Waals surface area contributed by atoms with E-state index >= 15 is 0 Å². The van der Waals surface area contributed by atoms with Gasteiger partial charge < -0.3 is 4.90 Å². The Bertz CT molecular complexity index is 1010. The van der Waals surface area contributed by atoms with Crippen molar-refractivity contribution in [2.24, 2.45) is 10.8 Å². The van der Waals surface area contributed by atoms with Gasteiger partial charge in [-0.15, -0.1) is 0 Å². The van der Waals surface area contributed by atoms with E-state index in [9.17, 15) is 39.5 Å². The van der Waals surface area contributed by atoms with Gasteiger partial charge in [-0.1, -0.05) is 36.7 Å². The summed E-state index contributed by atoms with van der Waals surface area (Å²) in [4.78, 5) is 1.05. The minimum Gasteiger partial charge on any atom is -0.341 e. The van der Waals surface area contributed by atoms with E-state index in [4.69, 9.17) is 0 Å². The van der Waals surface area contributed by atoms with Gasteiger partial charge in [-0.3, -0.25) is 0 Å². The Morgan fingerprint density at radius 2 is 1.29 bits per heavy atom. The molecule has 0 amide bonds. The van der Waals surface area contributed by atoms with Crippen molar-refractivity contribution in [3.05, 3.63) is 57.8 Å². The first-order valence-electron chi connectivity index (χ1n) is 10.6. The van der Waals surface area contributed by atoms with E-state index in [0.717, 1.165) is 17.0 Å². The van der Waals surface area contributed by atoms with Crippen LogP contribution in [0.5, 0.6) is 0 Å². The lowest BCUT2D eigenvalue weighted by Crippen LogP contribution is -2.47. The van der Waals surface area contributed by atoms with Crippen LogP contribution in [0.4, 0.5) is 50.9 Å². The fraction of sp³-hybridized carbons (Fsp3) is 0.500. The van der Waals surface area contributed by atoms with Gasteiger partial charge in [-0.2, -0.15) is 26.3 Å². The van der Waals surface area contributed by atoms with E-state index in [1.807, 2.05) is 0 Å². The highest BCUT2D eigenvalue weighted by Gasteiger charge is 2.51. The largest absolute Gasteiger partial charge is 0.416 e. The maximum atomic E-state index is 14.6. The lowest BCUT2D eigenvalue weighted by molar-refractivity contribution is -0.138. The number of benzene rings is 2. The highest BCUT2D eigenvalue weighted by molar-refractivity contribution is 9.10. The zero-order valence-corrected chi connectivity index (χ0v) is 20.6. The van der Waals surface area contributed by atoms with Crippen LogP contribution in [0.1, 0.15) is 51.2 Å². The Morgan fingerprint density at radius 3 is 1.80 bits per heavy atom. The van der Waals surface area contributed by atoms with Gasteiger partial charge in [0.2, 0.25) is 5.92 Å². The summed E-state index contributed by atoms with van der Waals surface area (Å²) in [6.45, 7) is 4.42. The van der Waals surface area contributed by atoms with Gasteiger partial charge in [0.25, 0.3) is 0 Å². The number of rotatable bonds is 4. The topological polar surface area (TPSA) is 3.24 Å². The first kappa shape index (κ1) is 27.7. The second kappa shape index (κ2) is 8.88. The molecule has 2 aromatic rings. The second-order valence-electron chi connectivity index (χ2n) is 10.3. The molecule has 1 saturated carbocycles. The van der Waals surface area contributed by atoms with Crippen molar-refractivity contribution < 1.29 is 39.5 Å². The summed E-state index contributed by atoms with van der Waals surface area (Å²) >= 11 is 2.98. The van der Waals surface area contributed by atoms with Gasteiger partial charge in [0.15, 0.2) is 0 Å². The molecule has 1 unspecified atom stereocenters. The number of halogens is 10. The van der Waals surface area contributed by atoms with Crippen LogP contribution in [0, 0.1) is 16.6 Å². The first-order valence-corrected chi connectivity index (χ1v) is 11.4. The Kier molecular flexibility index (Phi) is 7.02. The van der Waals surface area contributed by atoms with E-state index in [2.05, 4.69) is 15.9 Å². The van der Waals surface area contributed by atoms with Crippen LogP contribution in [-0.4, -0.2) is 12.5 Å². The van der Waals surface area contributed by atoms with Crippen molar-refractivity contribution >= 4 is 27.3 Å². The van der Waals surface area contributed by atoms with Crippen LogP contribution >= 0.6 is 15.9 Å². The highest BCUT2D eigenvalue weighted by atomic mass is 79.9. The Labute approximate surface area is 205 Å². The van der Waals surface area contributed by atoms with Crippen molar-refractivity contribution in [3.8, 4) is 0 Å². The van der Waals surface area contributed by atoms with Gasteiger partial charge in [0, 0.05) is 35.2 Å². The molecule has 11 heteroatoms. The summed E-state index contributed by atoms with van der Waals surface area (Å²) in [7, 11) is 0. The number of alkyl halides is 8. The van der Waals surface area contributed by atoms with Crippen molar-refractivity contribution in [3.63, 3.8) is 0 Å². The van der Waals surface area contributed by atoms with E-state index in [-0.39, 0.29) is 29.2 Å². The molecule has 0 saturated heterocycles. The first-order chi connectivity index (χ1) is 15.7. The maximum Gasteiger partial charge on any atom is 0.416 e. The molecule has 0 radical (unpaired) electrons. The lowest BCUT2D eigenvalue weighted by Gasteiger charge is -2.48. The smallest absolute Gasteiger partial charge is 0.341 e. The molecule has 2 aromatic carbocycles. The third-order valence-corrected chi connectivity index (χ3v) is 6.37. The van der Waals surface area contributed by atoms with Crippen LogP contribution in [0.2, 0.25) is 0 Å². The fourth-order valence-corrected chi connectivity index (χ4v) is 5.76. The molecular formula is C24H23BrF9N. The average molecular weight is 576 g/mol. The van der Waals surface area contributed by atoms with Crippen LogP contribution in [-0.2, 0) is 12.4 Å². The van der Waals surface area contributed by atoms with Crippen LogP contribution in [0.15, 0.2) is 40.9 Å². The summed E-state index contributed by atoms with van der Waals surface area (Å²) in [5.74, 6) is -4.35. The average Bonchev–Trinajstić information content (AvgIpc) is 2.60. The minimum atomic E-state index is -4.93. The van der Waals surface area contributed by atoms with Gasteiger partial charge in [0.05, 0.1) is 11.1 Å². The van der Waals surface area contributed by atoms with Crippen molar-refractivity contribution in [2.45, 2.75) is 58.3 Å². The molecular weight excluding hydrogens is 553 g/mol. The lowest BCUT2D eigenvalue weighted by atomic mass is 9.62. The molecule has 0 heterocycles. The predicted molar refractivity (Wildman–Crippen MR) is 118 cm³/mol. The Balaban J connectivity index is 2.20. The molecule has 35 heavy (non-hydrogen) atoms. The Hall–Kier alpha value is -1.91. The second-order valence-corrected chi connectivity index (χ2v) is 11.3. The molecule has 194 valence electrons. The summed E-state index contributed by atoms with van der Waals surface area (Å²) < 4.78 is 124. The normalized spacial score (nSPS) is 22.2. The number of hydrogen-bond donors (Lipinski definition) is 0. The zero-order valence-electron chi connectivity index (χ0n) is 19.0. The molecule has 0 bridgehead atoms. The molecule has 1 aliphatic rings. The number of anilines is 2. The SMILES string of the molecule is CC1(C)CC(F)(F)CC(C)(CN(c2cc(F)cc(C(F)(F)F)c2)c2cc(Br)cc(C(F)(F)F)c2)C1. The third-order valence-electron chi connectivity index (χ3n) is 5.91. The van der Waals surface area contributed by atoms with Crippen LogP contribution < -0.4 is 4.90 Å². The van der Waals surface area contributed by atoms with Crippen molar-refractivity contribution in [1.29, 1.82) is 0 Å². The highest BCUT2D eigenvalue weighted by Crippen LogP contribution is 2.54. The van der Waals surface area contributed by atoms with E-state index < -0.39 is 64.6 Å². The quantitative estimate of drug-likeness (QED) is 0.328. The molecule has 1 aliphatic carbocycles. The molecule has 1 fully saturated rings. The predicted octanol–water partition coefficient (Wildman–Crippen LogP) is 9.62. The van der Waals surface area contributed by atoms with Crippen molar-refractivity contribution in [2.75, 3.05) is 11.4 Å². The minimum absolute atomic E-state index is 0.0285. The van der Waals surface area contributed by atoms with Gasteiger partial charge in [-0.25, -0.2) is 13.2 Å². The molecule has 0 N–H and O–H groups in total. The molecule has 0 spiro atoms. The standard InChI is InChI=1S/C24H23BrF9N/c1-20(2)10-21(3,12-22(27,28)11-20)13-35(18-6-14(23(29,30)31)4-16(25)8-18)19-7-15(24(32,33)34)5-17(26)9-19/h4-9H,10-13H2,1-3H3. The zero-order chi connectivity index (χ0) is 26.6. The molecule has 3 rings (SSSR count). The summed E-state index contributed by atoms with van der Waals surface area (Å²) in [5, 5.41) is 0. The molecule has 1 nitrogen and oxygen atoms in total. The van der Waals surface area contributed by atoms with E-state index in [1.165, 1.54) is 13.0 Å². The summed E-state index contributed by atoms with van der Waals surface area (Å²) in [5.41, 5.74) is -5.09. The number of hydrogen-bond acceptors (Lipinski definition) is 1. The maximum absolute atomic E-state index is 14.6. The van der Waals surface area contributed by atoms with Crippen LogP contribution in [0.25, 0.3) is 0 Å². The summed E-state index contributed by atoms with van der Waals surface area (Å²) in [6.07, 6.45) is -10.5. The molecule has 0 aliphatic heterocycles. The van der Waals surface area contributed by atoms with Gasteiger partial charge >= 0.3 is 12.4 Å². The van der Waals surface area contributed by atoms with Gasteiger partial charge in [0.1, 0.15) is 5.82 Å². The van der Waals surface area contributed by atoms with Crippen molar-refractivity contribution in [1.82, 2.24) is 0 Å². The number of nitrogens with zero attached hydrogens (tertiary/aromatic N) is 1. The third kappa shape index (κ3) is 6.86.